The van der Waals surface area contributed by atoms with Crippen molar-refractivity contribution in [3.8, 4) is 16.3 Å². The van der Waals surface area contributed by atoms with Gasteiger partial charge in [-0.15, -0.1) is 29.6 Å². The van der Waals surface area contributed by atoms with Crippen molar-refractivity contribution in [2.24, 2.45) is 0 Å². The fourth-order valence-electron chi connectivity index (χ4n) is 4.09. The summed E-state index contributed by atoms with van der Waals surface area (Å²) in [6.07, 6.45) is 0.499. The first-order chi connectivity index (χ1) is 14.9. The van der Waals surface area contributed by atoms with Gasteiger partial charge in [-0.3, -0.25) is 0 Å². The molecule has 3 aromatic rings. The quantitative estimate of drug-likeness (QED) is 0.638. The van der Waals surface area contributed by atoms with Gasteiger partial charge in [0.25, 0.3) is 0 Å². The van der Waals surface area contributed by atoms with E-state index < -0.39 is 23.6 Å². The number of ether oxygens (including phenoxy) is 1. The fourth-order valence-corrected chi connectivity index (χ4v) is 4.74. The third-order valence-electron chi connectivity index (χ3n) is 5.30. The summed E-state index contributed by atoms with van der Waals surface area (Å²) >= 11 is 1.25. The summed E-state index contributed by atoms with van der Waals surface area (Å²) in [5.41, 5.74) is -0.245. The van der Waals surface area contributed by atoms with Crippen LogP contribution < -0.4 is 10.1 Å². The fraction of sp³-hybridized carbons (Fsp3) is 0.421. The summed E-state index contributed by atoms with van der Waals surface area (Å²) < 4.78 is 48.9. The molecule has 2 bridgehead atoms. The zero-order chi connectivity index (χ0) is 21.6. The van der Waals surface area contributed by atoms with Crippen LogP contribution in [-0.4, -0.2) is 52.5 Å². The zero-order valence-corrected chi connectivity index (χ0v) is 16.8. The van der Waals surface area contributed by atoms with Crippen LogP contribution in [-0.2, 0) is 4.84 Å². The van der Waals surface area contributed by atoms with Gasteiger partial charge in [0.05, 0.1) is 18.7 Å². The van der Waals surface area contributed by atoms with Gasteiger partial charge in [0.15, 0.2) is 23.2 Å². The lowest BCUT2D eigenvalue weighted by Crippen LogP contribution is -2.58. The van der Waals surface area contributed by atoms with Crippen LogP contribution in [0.4, 0.5) is 13.2 Å². The Balaban J connectivity index is 1.54. The van der Waals surface area contributed by atoms with E-state index in [-0.39, 0.29) is 23.2 Å². The van der Waals surface area contributed by atoms with Gasteiger partial charge in [-0.25, -0.2) is 14.8 Å². The Morgan fingerprint density at radius 1 is 1.26 bits per heavy atom. The van der Waals surface area contributed by atoms with E-state index in [2.05, 4.69) is 20.0 Å². The molecule has 164 valence electrons. The summed E-state index contributed by atoms with van der Waals surface area (Å²) in [6.45, 7) is 0.923. The number of hydrogen-bond acceptors (Lipinski definition) is 9. The smallest absolute Gasteiger partial charge is 0.443 e. The Kier molecular flexibility index (Phi) is 5.07. The highest BCUT2D eigenvalue weighted by molar-refractivity contribution is 7.13. The molecule has 2 fully saturated rings. The van der Waals surface area contributed by atoms with Gasteiger partial charge in [0, 0.05) is 23.7 Å². The minimum Gasteiger partial charge on any atom is -0.443 e. The Hall–Kier alpha value is -2.70. The van der Waals surface area contributed by atoms with Crippen LogP contribution in [0.25, 0.3) is 21.7 Å². The van der Waals surface area contributed by atoms with Crippen molar-refractivity contribution in [2.45, 2.75) is 37.7 Å². The number of hydroxylamine groups is 2. The Morgan fingerprint density at radius 2 is 2.03 bits per heavy atom. The lowest BCUT2D eigenvalue weighted by atomic mass is 9.95. The molecular formula is C19H17F3N4O4S. The number of alkyl halides is 3. The molecule has 2 unspecified atom stereocenters. The van der Waals surface area contributed by atoms with Gasteiger partial charge in [-0.2, -0.15) is 0 Å². The number of carbonyl (C=O) groups excluding carboxylic acids is 1. The number of thiazole rings is 1. The van der Waals surface area contributed by atoms with Crippen LogP contribution in [0.2, 0.25) is 0 Å². The number of nitrogens with zero attached hydrogens (tertiary/aromatic N) is 3. The molecular weight excluding hydrogens is 437 g/mol. The van der Waals surface area contributed by atoms with Crippen LogP contribution in [0, 0.1) is 0 Å². The molecule has 0 radical (unpaired) electrons. The van der Waals surface area contributed by atoms with Crippen LogP contribution >= 0.6 is 11.3 Å². The number of nitrogens with one attached hydrogen (secondary N) is 1. The third kappa shape index (κ3) is 4.10. The normalized spacial score (nSPS) is 21.9. The highest BCUT2D eigenvalue weighted by atomic mass is 32.1. The van der Waals surface area contributed by atoms with E-state index >= 15 is 0 Å². The molecule has 0 aliphatic carbocycles. The second kappa shape index (κ2) is 7.77. The Labute approximate surface area is 177 Å². The molecule has 2 aliphatic rings. The third-order valence-corrected chi connectivity index (χ3v) is 6.10. The number of aromatic nitrogens is 2. The van der Waals surface area contributed by atoms with Gasteiger partial charge >= 0.3 is 12.3 Å². The van der Waals surface area contributed by atoms with Crippen molar-refractivity contribution in [3.05, 3.63) is 29.6 Å². The number of carbonyl (C=O) groups is 1. The molecule has 8 nitrogen and oxygen atoms in total. The van der Waals surface area contributed by atoms with Crippen LogP contribution in [0.15, 0.2) is 28.5 Å². The molecule has 2 aliphatic heterocycles. The van der Waals surface area contributed by atoms with Gasteiger partial charge in [-0.05, 0) is 18.9 Å². The second-order valence-corrected chi connectivity index (χ2v) is 8.33. The van der Waals surface area contributed by atoms with Gasteiger partial charge < -0.3 is 19.3 Å². The molecule has 0 spiro atoms. The monoisotopic (exact) mass is 454 g/mol. The van der Waals surface area contributed by atoms with E-state index in [1.807, 2.05) is 0 Å². The summed E-state index contributed by atoms with van der Waals surface area (Å²) in [5, 5.41) is 7.12. The standard InChI is InChI=1S/C19H17F3N4O4S/c20-19(21,22)29-16-13(18(27)30-26-7-10-2-1-3-11(8-26)25-10)6-12(17-23-4-5-31-17)15-14(16)24-9-28-15/h4-6,9-11,25H,1-3,7-8H2. The first kappa shape index (κ1) is 20.2. The van der Waals surface area contributed by atoms with Gasteiger partial charge in [-0.1, -0.05) is 6.42 Å². The van der Waals surface area contributed by atoms with Crippen molar-refractivity contribution in [1.82, 2.24) is 20.3 Å². The molecule has 2 aromatic heterocycles. The van der Waals surface area contributed by atoms with Crippen molar-refractivity contribution >= 4 is 28.4 Å². The maximum atomic E-state index is 13.1. The van der Waals surface area contributed by atoms with Crippen molar-refractivity contribution < 1.29 is 32.0 Å². The molecule has 31 heavy (non-hydrogen) atoms. The lowest BCUT2D eigenvalue weighted by molar-refractivity contribution is -0.274. The van der Waals surface area contributed by atoms with E-state index in [4.69, 9.17) is 9.25 Å². The average molecular weight is 454 g/mol. The van der Waals surface area contributed by atoms with E-state index in [1.165, 1.54) is 22.5 Å². The number of piperidine rings is 1. The topological polar surface area (TPSA) is 89.7 Å². The second-order valence-electron chi connectivity index (χ2n) is 7.43. The van der Waals surface area contributed by atoms with E-state index in [0.29, 0.717) is 23.7 Å². The number of rotatable bonds is 4. The highest BCUT2D eigenvalue weighted by Gasteiger charge is 2.37. The van der Waals surface area contributed by atoms with Crippen LogP contribution in [0.3, 0.4) is 0 Å². The highest BCUT2D eigenvalue weighted by Crippen LogP contribution is 2.40. The Bertz CT molecular complexity index is 1090. The van der Waals surface area contributed by atoms with Crippen molar-refractivity contribution in [2.75, 3.05) is 13.1 Å². The molecule has 0 saturated carbocycles. The average Bonchev–Trinajstić information content (AvgIpc) is 3.39. The molecule has 0 amide bonds. The van der Waals surface area contributed by atoms with Crippen LogP contribution in [0.5, 0.6) is 5.75 Å². The first-order valence-corrected chi connectivity index (χ1v) is 10.5. The molecule has 1 aromatic carbocycles. The van der Waals surface area contributed by atoms with E-state index in [0.717, 1.165) is 25.7 Å². The lowest BCUT2D eigenvalue weighted by Gasteiger charge is -2.41. The van der Waals surface area contributed by atoms with E-state index in [1.54, 1.807) is 11.6 Å². The predicted octanol–water partition coefficient (Wildman–Crippen LogP) is 3.75. The van der Waals surface area contributed by atoms with Gasteiger partial charge in [0.2, 0.25) is 0 Å². The van der Waals surface area contributed by atoms with Crippen LogP contribution in [0.1, 0.15) is 29.6 Å². The Morgan fingerprint density at radius 3 is 2.71 bits per heavy atom. The molecule has 2 atom stereocenters. The number of hydrogen-bond donors (Lipinski definition) is 1. The van der Waals surface area contributed by atoms with E-state index in [9.17, 15) is 18.0 Å². The molecule has 12 heteroatoms. The number of halogens is 3. The maximum Gasteiger partial charge on any atom is 0.573 e. The predicted molar refractivity (Wildman–Crippen MR) is 103 cm³/mol. The summed E-state index contributed by atoms with van der Waals surface area (Å²) in [5.74, 6) is -1.71. The minimum absolute atomic E-state index is 0.0439. The molecule has 2 saturated heterocycles. The number of fused-ring (bicyclic) bond motifs is 3. The largest absolute Gasteiger partial charge is 0.573 e. The van der Waals surface area contributed by atoms with Crippen molar-refractivity contribution in [1.29, 1.82) is 0 Å². The SMILES string of the molecule is O=C(ON1CC2CCCC(C1)N2)c1cc(-c2nccs2)c2ocnc2c1OC(F)(F)F. The number of benzene rings is 1. The minimum atomic E-state index is -5.03. The number of oxazole rings is 1. The van der Waals surface area contributed by atoms with Crippen molar-refractivity contribution in [3.63, 3.8) is 0 Å². The molecule has 4 heterocycles. The van der Waals surface area contributed by atoms with Gasteiger partial charge in [0.1, 0.15) is 10.6 Å². The maximum absolute atomic E-state index is 13.1. The summed E-state index contributed by atoms with van der Waals surface area (Å²) in [6, 6.07) is 1.60. The first-order valence-electron chi connectivity index (χ1n) is 9.66. The summed E-state index contributed by atoms with van der Waals surface area (Å²) in [4.78, 5) is 26.6. The number of piperazine rings is 1. The summed E-state index contributed by atoms with van der Waals surface area (Å²) in [7, 11) is 0. The molecule has 5 rings (SSSR count). The zero-order valence-electron chi connectivity index (χ0n) is 16.0. The molecule has 1 N–H and O–H groups in total.